The van der Waals surface area contributed by atoms with Gasteiger partial charge in [0, 0.05) is 30.9 Å². The molecule has 3 N–H and O–H groups in total. The third-order valence-corrected chi connectivity index (χ3v) is 5.10. The molecule has 0 bridgehead atoms. The number of esters is 1. The molecule has 2 aliphatic heterocycles. The van der Waals surface area contributed by atoms with Crippen LogP contribution in [0.5, 0.6) is 0 Å². The Labute approximate surface area is 170 Å². The van der Waals surface area contributed by atoms with Gasteiger partial charge in [-0.05, 0) is 44.0 Å². The van der Waals surface area contributed by atoms with Crippen molar-refractivity contribution in [1.29, 1.82) is 5.41 Å². The van der Waals surface area contributed by atoms with Crippen LogP contribution in [0.2, 0.25) is 0 Å². The zero-order valence-electron chi connectivity index (χ0n) is 16.6. The third kappa shape index (κ3) is 5.68. The van der Waals surface area contributed by atoms with Crippen LogP contribution in [0.1, 0.15) is 25.3 Å². The van der Waals surface area contributed by atoms with Gasteiger partial charge in [0.1, 0.15) is 18.5 Å². The fraction of sp³-hybridized carbons (Fsp3) is 0.550. The molecule has 3 rings (SSSR count). The van der Waals surface area contributed by atoms with Crippen LogP contribution < -0.4 is 10.6 Å². The fourth-order valence-electron chi connectivity index (χ4n) is 3.58. The number of amides is 1. The Morgan fingerprint density at radius 3 is 2.59 bits per heavy atom. The highest BCUT2D eigenvalue weighted by Gasteiger charge is 2.34. The van der Waals surface area contributed by atoms with Crippen LogP contribution in [0.4, 0.5) is 10.5 Å². The van der Waals surface area contributed by atoms with Crippen molar-refractivity contribution >= 4 is 23.6 Å². The number of nitrogens with two attached hydrogens (primary N) is 1. The molecule has 2 heterocycles. The van der Waals surface area contributed by atoms with E-state index in [0.29, 0.717) is 25.3 Å². The molecule has 0 radical (unpaired) electrons. The van der Waals surface area contributed by atoms with Crippen LogP contribution in [0.3, 0.4) is 0 Å². The lowest BCUT2D eigenvalue weighted by atomic mass is 10.1. The summed E-state index contributed by atoms with van der Waals surface area (Å²) in [6.07, 6.45) is 1.15. The van der Waals surface area contributed by atoms with Crippen molar-refractivity contribution in [3.8, 4) is 0 Å². The smallest absolute Gasteiger partial charge is 0.414 e. The first-order valence-electron chi connectivity index (χ1n) is 9.88. The Bertz CT molecular complexity index is 731. The number of benzene rings is 1. The molecule has 1 unspecified atom stereocenters. The zero-order valence-corrected chi connectivity index (χ0v) is 16.6. The summed E-state index contributed by atoms with van der Waals surface area (Å²) in [6, 6.07) is 6.98. The monoisotopic (exact) mass is 404 g/mol. The number of hydrogen-bond donors (Lipinski definition) is 2. The summed E-state index contributed by atoms with van der Waals surface area (Å²) < 4.78 is 16.0. The number of anilines is 1. The van der Waals surface area contributed by atoms with Gasteiger partial charge in [-0.3, -0.25) is 15.2 Å². The average molecular weight is 404 g/mol. The minimum absolute atomic E-state index is 0.00385. The van der Waals surface area contributed by atoms with Crippen molar-refractivity contribution in [2.45, 2.75) is 32.0 Å². The number of amidine groups is 1. The van der Waals surface area contributed by atoms with Gasteiger partial charge >= 0.3 is 12.1 Å². The molecule has 0 aromatic heterocycles. The molecule has 9 heteroatoms. The number of rotatable bonds is 8. The second kappa shape index (κ2) is 9.71. The minimum atomic E-state index is -0.363. The fourth-order valence-corrected chi connectivity index (χ4v) is 3.58. The predicted octanol–water partition coefficient (Wildman–Crippen LogP) is 1.34. The third-order valence-electron chi connectivity index (χ3n) is 5.10. The van der Waals surface area contributed by atoms with Gasteiger partial charge in [-0.2, -0.15) is 0 Å². The van der Waals surface area contributed by atoms with E-state index in [0.717, 1.165) is 31.6 Å². The second-order valence-corrected chi connectivity index (χ2v) is 7.19. The van der Waals surface area contributed by atoms with Crippen molar-refractivity contribution in [1.82, 2.24) is 4.90 Å². The average Bonchev–Trinajstić information content (AvgIpc) is 3.08. The summed E-state index contributed by atoms with van der Waals surface area (Å²) in [5, 5.41) is 7.45. The lowest BCUT2D eigenvalue weighted by molar-refractivity contribution is -0.151. The van der Waals surface area contributed by atoms with Crippen LogP contribution in [0.25, 0.3) is 0 Å². The van der Waals surface area contributed by atoms with Gasteiger partial charge in [-0.25, -0.2) is 9.59 Å². The van der Waals surface area contributed by atoms with Crippen LogP contribution >= 0.6 is 0 Å². The Morgan fingerprint density at radius 2 is 1.97 bits per heavy atom. The van der Waals surface area contributed by atoms with Gasteiger partial charge in [0.2, 0.25) is 0 Å². The summed E-state index contributed by atoms with van der Waals surface area (Å²) in [7, 11) is 0. The lowest BCUT2D eigenvalue weighted by Crippen LogP contribution is -2.42. The first kappa shape index (κ1) is 21.1. The summed E-state index contributed by atoms with van der Waals surface area (Å²) in [5.41, 5.74) is 6.82. The molecule has 1 atom stereocenters. The first-order chi connectivity index (χ1) is 14.0. The number of carbonyl (C=O) groups excluding carboxylic acids is 2. The molecule has 0 saturated carbocycles. The molecular formula is C20H28N4O5. The van der Waals surface area contributed by atoms with Crippen LogP contribution in [-0.2, 0) is 19.0 Å². The van der Waals surface area contributed by atoms with Gasteiger partial charge in [0.05, 0.1) is 19.3 Å². The van der Waals surface area contributed by atoms with E-state index in [9.17, 15) is 9.59 Å². The number of hydrogen-bond acceptors (Lipinski definition) is 7. The Hall–Kier alpha value is -2.65. The second-order valence-electron chi connectivity index (χ2n) is 7.19. The SMILES string of the molecule is CCOC(=O)COC1CCN(CC2CN(c3ccc(C(=N)N)cc3)C(=O)O2)CC1. The number of nitrogen functional groups attached to an aromatic ring is 1. The predicted molar refractivity (Wildman–Crippen MR) is 107 cm³/mol. The summed E-state index contributed by atoms with van der Waals surface area (Å²) >= 11 is 0. The number of nitrogens with zero attached hydrogens (tertiary/aromatic N) is 2. The molecule has 0 spiro atoms. The van der Waals surface area contributed by atoms with E-state index in [1.165, 1.54) is 0 Å². The molecule has 1 aromatic rings. The van der Waals surface area contributed by atoms with Gasteiger partial charge in [0.15, 0.2) is 0 Å². The Kier molecular flexibility index (Phi) is 7.05. The largest absolute Gasteiger partial charge is 0.464 e. The molecular weight excluding hydrogens is 376 g/mol. The summed E-state index contributed by atoms with van der Waals surface area (Å²) in [4.78, 5) is 27.5. The molecule has 1 amide bonds. The number of carbonyl (C=O) groups is 2. The van der Waals surface area contributed by atoms with Crippen LogP contribution in [-0.4, -0.2) is 74.4 Å². The van der Waals surface area contributed by atoms with Gasteiger partial charge in [-0.15, -0.1) is 0 Å². The topological polar surface area (TPSA) is 118 Å². The quantitative estimate of drug-likeness (QED) is 0.381. The number of likely N-dealkylation sites (tertiary alicyclic amines) is 1. The molecule has 2 fully saturated rings. The molecule has 1 aromatic carbocycles. The normalized spacial score (nSPS) is 20.5. The van der Waals surface area contributed by atoms with E-state index in [2.05, 4.69) is 4.90 Å². The maximum Gasteiger partial charge on any atom is 0.414 e. The number of nitrogens with one attached hydrogen (secondary N) is 1. The highest BCUT2D eigenvalue weighted by Crippen LogP contribution is 2.23. The van der Waals surface area contributed by atoms with E-state index in [1.807, 2.05) is 0 Å². The van der Waals surface area contributed by atoms with E-state index < -0.39 is 0 Å². The van der Waals surface area contributed by atoms with Gasteiger partial charge < -0.3 is 19.9 Å². The van der Waals surface area contributed by atoms with Gasteiger partial charge in [0.25, 0.3) is 0 Å². The number of piperidine rings is 1. The summed E-state index contributed by atoms with van der Waals surface area (Å²) in [6.45, 7) is 4.93. The lowest BCUT2D eigenvalue weighted by Gasteiger charge is -2.32. The Balaban J connectivity index is 1.43. The highest BCUT2D eigenvalue weighted by molar-refractivity contribution is 5.96. The summed E-state index contributed by atoms with van der Waals surface area (Å²) in [5.74, 6) is -0.336. The highest BCUT2D eigenvalue weighted by atomic mass is 16.6. The molecule has 158 valence electrons. The van der Waals surface area contributed by atoms with Crippen molar-refractivity contribution in [3.63, 3.8) is 0 Å². The van der Waals surface area contributed by atoms with E-state index in [-0.39, 0.29) is 36.7 Å². The van der Waals surface area contributed by atoms with E-state index in [1.54, 1.807) is 36.1 Å². The first-order valence-corrected chi connectivity index (χ1v) is 9.88. The standard InChI is InChI=1S/C20H28N4O5/c1-2-27-18(25)13-28-16-7-9-23(10-8-16)11-17-12-24(20(26)29-17)15-5-3-14(4-6-15)19(21)22/h3-6,16-17H,2,7-13H2,1H3,(H3,21,22). The number of ether oxygens (including phenoxy) is 3. The van der Waals surface area contributed by atoms with Crippen LogP contribution in [0, 0.1) is 5.41 Å². The van der Waals surface area contributed by atoms with Crippen molar-refractivity contribution in [2.75, 3.05) is 44.3 Å². The minimum Gasteiger partial charge on any atom is -0.464 e. The van der Waals surface area contributed by atoms with E-state index >= 15 is 0 Å². The van der Waals surface area contributed by atoms with Crippen molar-refractivity contribution in [2.24, 2.45) is 5.73 Å². The number of cyclic esters (lactones) is 1. The van der Waals surface area contributed by atoms with E-state index in [4.69, 9.17) is 25.4 Å². The zero-order chi connectivity index (χ0) is 20.8. The molecule has 2 aliphatic rings. The van der Waals surface area contributed by atoms with Crippen LogP contribution in [0.15, 0.2) is 24.3 Å². The molecule has 2 saturated heterocycles. The maximum atomic E-state index is 12.3. The Morgan fingerprint density at radius 1 is 1.28 bits per heavy atom. The molecule has 29 heavy (non-hydrogen) atoms. The van der Waals surface area contributed by atoms with Gasteiger partial charge in [-0.1, -0.05) is 0 Å². The molecule has 9 nitrogen and oxygen atoms in total. The molecule has 0 aliphatic carbocycles. The maximum absolute atomic E-state index is 12.3. The van der Waals surface area contributed by atoms with Crippen molar-refractivity contribution in [3.05, 3.63) is 29.8 Å². The van der Waals surface area contributed by atoms with Crippen molar-refractivity contribution < 1.29 is 23.8 Å².